The zero-order valence-corrected chi connectivity index (χ0v) is 70.2. The van der Waals surface area contributed by atoms with Crippen LogP contribution in [-0.4, -0.2) is 188 Å². The summed E-state index contributed by atoms with van der Waals surface area (Å²) in [6.45, 7) is -0.987. The topological polar surface area (TPSA) is 299 Å². The molecule has 3 fully saturated rings. The van der Waals surface area contributed by atoms with E-state index in [1.54, 1.807) is 0 Å². The van der Waals surface area contributed by atoms with Crippen LogP contribution in [0.15, 0.2) is 107 Å². The normalized spacial score (nSPS) is 14.0. The van der Waals surface area contributed by atoms with Crippen molar-refractivity contribution >= 4 is 96.2 Å². The van der Waals surface area contributed by atoms with Crippen LogP contribution in [0.3, 0.4) is 0 Å². The second-order valence-electron chi connectivity index (χ2n) is 25.5. The number of halogens is 32. The summed E-state index contributed by atoms with van der Waals surface area (Å²) in [5, 5.41) is 28.6. The SMILES string of the molecule is C.C.C.C.CC1(C)OB(c2cnc(OCC(F)(F)F)c(F)c2)OC1(C)C.FC(F)(Cl)c1nnc2cnc(Cl)cn12.Fc1cc(-c2cn3c(C(F)(F)Cl)nnc3cn2)cnc1OCC(F)(F)F.Fc1cc(-c2cn3c(C(F)(F)OC4CC4)nnc3cn2)cnc1OCC(F)(F)F.Fc1cc(Br)cnc1F.Fc1cc(Br)cnc1OCC(F)(F)F.OC1CC1.OCC(F)(F)F.[H-].[Na+]. The maximum Gasteiger partial charge on any atom is 1.00 e. The van der Waals surface area contributed by atoms with Gasteiger partial charge in [0.15, 0.2) is 72.5 Å². The van der Waals surface area contributed by atoms with Crippen LogP contribution >= 0.6 is 66.7 Å². The van der Waals surface area contributed by atoms with Crippen molar-refractivity contribution in [1.82, 2.24) is 83.7 Å². The Morgan fingerprint density at radius 3 is 1.08 bits per heavy atom. The first kappa shape index (κ1) is 116. The average Bonchev–Trinajstić information content (AvgIpc) is 1.59. The third kappa shape index (κ3) is 37.5. The minimum atomic E-state index is -4.66. The molecule has 0 bridgehead atoms. The van der Waals surface area contributed by atoms with E-state index in [4.69, 9.17) is 54.3 Å². The fourth-order valence-corrected chi connectivity index (χ4v) is 9.30. The molecule has 0 unspecified atom stereocenters. The van der Waals surface area contributed by atoms with Gasteiger partial charge >= 0.3 is 84.4 Å². The molecule has 14 rings (SSSR count). The summed E-state index contributed by atoms with van der Waals surface area (Å²) in [6, 6.07) is 4.62. The Morgan fingerprint density at radius 2 is 0.760 bits per heavy atom. The summed E-state index contributed by atoms with van der Waals surface area (Å²) in [5.74, 6) is -11.7. The van der Waals surface area contributed by atoms with Gasteiger partial charge in [-0.25, -0.2) is 51.9 Å². The second kappa shape index (κ2) is 47.7. The van der Waals surface area contributed by atoms with E-state index in [2.05, 4.69) is 126 Å². The average molecular weight is 2090 g/mol. The van der Waals surface area contributed by atoms with Crippen LogP contribution in [0.4, 0.5) is 119 Å². The van der Waals surface area contributed by atoms with Gasteiger partial charge in [-0.3, -0.25) is 23.2 Å². The van der Waals surface area contributed by atoms with Gasteiger partial charge in [-0.15, -0.1) is 30.6 Å². The van der Waals surface area contributed by atoms with Gasteiger partial charge in [0.25, 0.3) is 23.5 Å². The molecule has 11 aromatic heterocycles. The van der Waals surface area contributed by atoms with E-state index in [0.717, 1.165) is 99.8 Å². The van der Waals surface area contributed by atoms with Crippen LogP contribution < -0.4 is 54.0 Å². The van der Waals surface area contributed by atoms with Gasteiger partial charge in [-0.05, 0) is 139 Å². The Balaban J connectivity index is 0.000000777. The van der Waals surface area contributed by atoms with Crippen LogP contribution in [0.1, 0.15) is 102 Å². The molecular formula is C69H67BBr2Cl3F27N17NaO9. The molecular weight excluding hydrogens is 2020 g/mol. The standard InChI is InChI=1S/C16H11F6N5O2.C13H16BF4NO3.C13H6ClF6N5O.C7H4BrF4NO.C6H2Cl2F2N4.C5H2BrF2N.C3H6O.C2H3F3O.4CH4.Na.H/c17-10-3-8(4-24-13(10)28-7-15(18,19)20)11-6-27-12(5-23-11)25-26-14(27)16(21,22)29-9-1-2-9;1-11(2)12(3,4)22-14(21-11)8-5-9(15)10(19-6-8)20-7-13(16,17)18;14-13(19,20)11-24-23-9-3-21-8(4-25(9)11)6-1-7(15)10(22-2-6)26-5-12(16,17)18;8-4-1-5(9)6(13-2-4)14-3-7(10,11)12;7-3-2-14-4(1-11-3)12-13-5(14)6(8,9)10;6-3-1-4(7)5(8)9-2-3;4-3-1-2-3;3-2(4,5)1-6;;;;;;/h3-6,9H,1-2,7H2;5-6H,7H2,1-4H3;1-4H,5H2;1-2H,3H2;1-2H;1-2H;3-4H,1-2H2;6H,1H2;4*1H4;;/q;;;;;;;;;;;;+1;-1. The molecule has 60 heteroatoms. The molecule has 129 heavy (non-hydrogen) atoms. The van der Waals surface area contributed by atoms with Crippen molar-refractivity contribution in [2.24, 2.45) is 0 Å². The molecule has 1 saturated heterocycles. The van der Waals surface area contributed by atoms with Gasteiger partial charge in [0.1, 0.15) is 11.8 Å². The van der Waals surface area contributed by atoms with Crippen molar-refractivity contribution in [3.8, 4) is 46.0 Å². The smallest absolute Gasteiger partial charge is 1.00 e. The van der Waals surface area contributed by atoms with E-state index in [1.807, 2.05) is 27.7 Å². The van der Waals surface area contributed by atoms with Crippen LogP contribution in [0.5, 0.6) is 23.5 Å². The Bertz CT molecular complexity index is 5410. The number of alkyl halides is 23. The van der Waals surface area contributed by atoms with Crippen LogP contribution in [0.25, 0.3) is 39.5 Å². The Morgan fingerprint density at radius 1 is 0.442 bits per heavy atom. The molecule has 0 spiro atoms. The third-order valence-corrected chi connectivity index (χ3v) is 16.2. The van der Waals surface area contributed by atoms with Crippen molar-refractivity contribution < 1.29 is 193 Å². The number of pyridine rings is 5. The zero-order valence-electron chi connectivity index (χ0n) is 63.8. The number of aliphatic hydroxyl groups is 2. The summed E-state index contributed by atoms with van der Waals surface area (Å²) < 4.78 is 371. The van der Waals surface area contributed by atoms with Gasteiger partial charge in [-0.2, -0.15) is 96.6 Å². The Kier molecular flexibility index (Phi) is 43.0. The number of fused-ring (bicyclic) bond motifs is 3. The van der Waals surface area contributed by atoms with Gasteiger partial charge in [0.2, 0.25) is 23.4 Å². The molecule has 0 radical (unpaired) electrons. The van der Waals surface area contributed by atoms with E-state index < -0.39 is 181 Å². The van der Waals surface area contributed by atoms with E-state index in [-0.39, 0.29) is 117 Å². The van der Waals surface area contributed by atoms with Crippen molar-refractivity contribution in [3.05, 3.63) is 165 Å². The molecule has 0 amide bonds. The summed E-state index contributed by atoms with van der Waals surface area (Å²) in [4.78, 5) is 28.4. The number of aromatic nitrogens is 17. The van der Waals surface area contributed by atoms with Crippen molar-refractivity contribution in [3.63, 3.8) is 0 Å². The monoisotopic (exact) mass is 2090 g/mol. The molecule has 2 saturated carbocycles. The van der Waals surface area contributed by atoms with E-state index in [0.29, 0.717) is 21.8 Å². The van der Waals surface area contributed by atoms with Crippen molar-refractivity contribution in [2.45, 2.75) is 154 Å². The number of hydrogen-bond donors (Lipinski definition) is 2. The van der Waals surface area contributed by atoms with Gasteiger partial charge in [-0.1, -0.05) is 41.3 Å². The number of ether oxygens (including phenoxy) is 5. The zero-order chi connectivity index (χ0) is 92.8. The molecule has 0 atom stereocenters. The minimum absolute atomic E-state index is 0. The van der Waals surface area contributed by atoms with Crippen molar-refractivity contribution in [1.29, 1.82) is 0 Å². The number of hydrogen-bond acceptors (Lipinski definition) is 23. The van der Waals surface area contributed by atoms with E-state index in [9.17, 15) is 119 Å². The molecule has 2 N–H and O–H groups in total. The largest absolute Gasteiger partial charge is 1.00 e. The number of nitrogens with zero attached hydrogens (tertiary/aromatic N) is 17. The summed E-state index contributed by atoms with van der Waals surface area (Å²) in [7, 11) is -0.844. The Hall–Kier alpha value is -8.60. The first-order valence-electron chi connectivity index (χ1n) is 33.3. The fraction of sp³-hybridized carbons (Fsp3) is 0.420. The van der Waals surface area contributed by atoms with E-state index >= 15 is 0 Å². The summed E-state index contributed by atoms with van der Waals surface area (Å²) in [5.41, 5.74) is -0.817. The predicted molar refractivity (Wildman–Crippen MR) is 408 cm³/mol. The molecule has 1 aliphatic heterocycles. The van der Waals surface area contributed by atoms with Crippen molar-refractivity contribution in [2.75, 3.05) is 33.0 Å². The van der Waals surface area contributed by atoms with Crippen LogP contribution in [0.2, 0.25) is 5.15 Å². The van der Waals surface area contributed by atoms with Crippen LogP contribution in [-0.2, 0) is 30.9 Å². The summed E-state index contributed by atoms with van der Waals surface area (Å²) in [6.07, 6.45) is -11.5. The second-order valence-corrected chi connectivity index (χ2v) is 28.7. The maximum absolute atomic E-state index is 14.3. The molecule has 11 aromatic rings. The molecule has 12 heterocycles. The van der Waals surface area contributed by atoms with Gasteiger partial charge in [0.05, 0.1) is 53.4 Å². The van der Waals surface area contributed by atoms with Gasteiger partial charge < -0.3 is 44.6 Å². The third-order valence-electron chi connectivity index (χ3n) is 14.8. The molecule has 710 valence electrons. The molecule has 26 nitrogen and oxygen atoms in total. The number of aliphatic hydroxyl groups excluding tert-OH is 2. The fourth-order valence-electron chi connectivity index (χ4n) is 8.29. The predicted octanol–water partition coefficient (Wildman–Crippen LogP) is 17.0. The first-order chi connectivity index (χ1) is 57.1. The maximum atomic E-state index is 14.3. The minimum Gasteiger partial charge on any atom is -1.00 e. The first-order valence-corrected chi connectivity index (χ1v) is 36.0. The Labute approximate surface area is 766 Å². The van der Waals surface area contributed by atoms with E-state index in [1.165, 1.54) is 24.8 Å². The van der Waals surface area contributed by atoms with Gasteiger partial charge in [0, 0.05) is 75.1 Å². The van der Waals surface area contributed by atoms with Crippen LogP contribution in [0, 0.1) is 35.0 Å². The molecule has 0 aromatic carbocycles. The summed E-state index contributed by atoms with van der Waals surface area (Å²) >= 11 is 21.1. The molecule has 2 aliphatic carbocycles. The molecule has 3 aliphatic rings. The quantitative estimate of drug-likeness (QED) is 0.0393. The number of rotatable bonds is 16.